The molecule has 0 heterocycles. The lowest BCUT2D eigenvalue weighted by Crippen LogP contribution is -2.33. The number of allylic oxidation sites excluding steroid dienone is 1. The molecule has 1 aromatic rings. The number of rotatable bonds is 8. The van der Waals surface area contributed by atoms with Crippen LogP contribution in [0.4, 0.5) is 0 Å². The molecule has 0 aliphatic heterocycles. The molecule has 0 amide bonds. The Morgan fingerprint density at radius 3 is 2.31 bits per heavy atom. The molecule has 3 atom stereocenters. The highest BCUT2D eigenvalue weighted by Gasteiger charge is 2.39. The van der Waals surface area contributed by atoms with Crippen LogP contribution < -0.4 is 9.47 Å². The van der Waals surface area contributed by atoms with Crippen molar-refractivity contribution in [3.63, 3.8) is 0 Å². The molecule has 0 aromatic heterocycles. The lowest BCUT2D eigenvalue weighted by Gasteiger charge is -2.39. The molecular formula is C23H34O3. The Labute approximate surface area is 158 Å². The summed E-state index contributed by atoms with van der Waals surface area (Å²) in [4.78, 5) is 0. The topological polar surface area (TPSA) is 38.7 Å². The Balaban J connectivity index is 2.50. The summed E-state index contributed by atoms with van der Waals surface area (Å²) in [7, 11) is 3.38. The number of aliphatic hydroxyl groups excluding tert-OH is 1. The number of ether oxygens (including phenoxy) is 2. The van der Waals surface area contributed by atoms with Crippen molar-refractivity contribution in [2.24, 2.45) is 5.92 Å². The van der Waals surface area contributed by atoms with Gasteiger partial charge in [0.05, 0.1) is 20.3 Å². The maximum Gasteiger partial charge on any atom is 0.126 e. The van der Waals surface area contributed by atoms with Crippen LogP contribution >= 0.6 is 0 Å². The monoisotopic (exact) mass is 358 g/mol. The normalized spacial score (nSPS) is 23.0. The van der Waals surface area contributed by atoms with Crippen molar-refractivity contribution in [2.75, 3.05) is 14.2 Å². The number of benzene rings is 1. The van der Waals surface area contributed by atoms with E-state index in [1.165, 1.54) is 18.4 Å². The maximum atomic E-state index is 10.9. The van der Waals surface area contributed by atoms with E-state index < -0.39 is 6.10 Å². The third kappa shape index (κ3) is 4.32. The minimum Gasteiger partial charge on any atom is -0.496 e. The fraction of sp³-hybridized carbons (Fsp3) is 0.565. The average Bonchev–Trinajstić information content (AvgIpc) is 2.63. The first-order chi connectivity index (χ1) is 12.4. The van der Waals surface area contributed by atoms with E-state index in [-0.39, 0.29) is 11.8 Å². The Bertz CT molecular complexity index is 622. The second kappa shape index (κ2) is 9.27. The van der Waals surface area contributed by atoms with Crippen LogP contribution in [-0.4, -0.2) is 25.4 Å². The molecule has 1 saturated carbocycles. The van der Waals surface area contributed by atoms with E-state index in [1.807, 2.05) is 6.92 Å². The van der Waals surface area contributed by atoms with E-state index in [0.29, 0.717) is 0 Å². The van der Waals surface area contributed by atoms with E-state index in [2.05, 4.69) is 32.2 Å². The highest BCUT2D eigenvalue weighted by atomic mass is 16.5. The summed E-state index contributed by atoms with van der Waals surface area (Å²) in [6, 6.07) is 4.21. The van der Waals surface area contributed by atoms with Gasteiger partial charge in [-0.15, -0.1) is 0 Å². The van der Waals surface area contributed by atoms with Crippen molar-refractivity contribution < 1.29 is 14.6 Å². The minimum atomic E-state index is -0.612. The van der Waals surface area contributed by atoms with Gasteiger partial charge in [-0.1, -0.05) is 38.5 Å². The van der Waals surface area contributed by atoms with Gasteiger partial charge in [0.25, 0.3) is 0 Å². The molecule has 1 unspecified atom stereocenters. The van der Waals surface area contributed by atoms with Crippen LogP contribution in [0.15, 0.2) is 36.4 Å². The summed E-state index contributed by atoms with van der Waals surface area (Å²) in [5.41, 5.74) is 4.11. The Morgan fingerprint density at radius 1 is 1.19 bits per heavy atom. The highest BCUT2D eigenvalue weighted by Crippen LogP contribution is 2.49. The zero-order chi connectivity index (χ0) is 19.3. The highest BCUT2D eigenvalue weighted by molar-refractivity contribution is 5.52. The van der Waals surface area contributed by atoms with Crippen LogP contribution in [0, 0.1) is 5.92 Å². The molecule has 1 fully saturated rings. The van der Waals surface area contributed by atoms with Gasteiger partial charge in [0.1, 0.15) is 11.5 Å². The third-order valence-electron chi connectivity index (χ3n) is 5.61. The number of unbranched alkanes of at least 4 members (excludes halogenated alkanes) is 2. The number of hydrogen-bond donors (Lipinski definition) is 1. The molecule has 3 heteroatoms. The van der Waals surface area contributed by atoms with E-state index in [4.69, 9.17) is 9.47 Å². The summed E-state index contributed by atoms with van der Waals surface area (Å²) in [5, 5.41) is 10.9. The standard InChI is InChI=1S/C23H34O3/c1-7-8-9-10-17-13-19(25-5)22(20(14-17)26-6)21-18(15(2)3)12-11-16(4)23(21)24/h13-14,18,21,23-24H,2,4,7-12H2,1,3,5-6H3/t18-,21+,23?/m1/s1. The van der Waals surface area contributed by atoms with Gasteiger partial charge in [0.15, 0.2) is 0 Å². The van der Waals surface area contributed by atoms with Crippen molar-refractivity contribution in [3.8, 4) is 11.5 Å². The second-order valence-corrected chi connectivity index (χ2v) is 7.49. The summed E-state index contributed by atoms with van der Waals surface area (Å²) < 4.78 is 11.5. The summed E-state index contributed by atoms with van der Waals surface area (Å²) in [5.74, 6) is 1.63. The maximum absolute atomic E-state index is 10.9. The molecule has 2 rings (SSSR count). The number of aliphatic hydroxyl groups is 1. The van der Waals surface area contributed by atoms with Crippen molar-refractivity contribution in [1.29, 1.82) is 0 Å². The van der Waals surface area contributed by atoms with E-state index in [0.717, 1.165) is 53.9 Å². The molecule has 26 heavy (non-hydrogen) atoms. The van der Waals surface area contributed by atoms with E-state index >= 15 is 0 Å². The van der Waals surface area contributed by atoms with Gasteiger partial charge in [-0.3, -0.25) is 0 Å². The summed E-state index contributed by atoms with van der Waals surface area (Å²) >= 11 is 0. The van der Waals surface area contributed by atoms with Gasteiger partial charge < -0.3 is 14.6 Å². The molecule has 1 N–H and O–H groups in total. The van der Waals surface area contributed by atoms with Crippen molar-refractivity contribution in [2.45, 2.75) is 64.4 Å². The Morgan fingerprint density at radius 2 is 1.81 bits per heavy atom. The number of methoxy groups -OCH3 is 2. The molecule has 1 aliphatic rings. The van der Waals surface area contributed by atoms with Gasteiger partial charge in [-0.25, -0.2) is 0 Å². The molecule has 0 bridgehead atoms. The third-order valence-corrected chi connectivity index (χ3v) is 5.61. The quantitative estimate of drug-likeness (QED) is 0.498. The lowest BCUT2D eigenvalue weighted by atomic mass is 9.69. The van der Waals surface area contributed by atoms with Crippen LogP contribution in [0.1, 0.15) is 63.0 Å². The smallest absolute Gasteiger partial charge is 0.126 e. The molecule has 1 aliphatic carbocycles. The fourth-order valence-corrected chi connectivity index (χ4v) is 4.10. The molecule has 144 valence electrons. The fourth-order valence-electron chi connectivity index (χ4n) is 4.10. The van der Waals surface area contributed by atoms with Gasteiger partial charge in [0.2, 0.25) is 0 Å². The predicted octanol–water partition coefficient (Wildman–Crippen LogP) is 5.42. The first-order valence-corrected chi connectivity index (χ1v) is 9.70. The van der Waals surface area contributed by atoms with Crippen molar-refractivity contribution >= 4 is 0 Å². The zero-order valence-corrected chi connectivity index (χ0v) is 16.8. The average molecular weight is 359 g/mol. The van der Waals surface area contributed by atoms with Gasteiger partial charge in [-0.05, 0) is 61.8 Å². The molecule has 0 spiro atoms. The zero-order valence-electron chi connectivity index (χ0n) is 16.8. The first-order valence-electron chi connectivity index (χ1n) is 9.70. The first kappa shape index (κ1) is 20.6. The minimum absolute atomic E-state index is 0.136. The molecule has 0 radical (unpaired) electrons. The predicted molar refractivity (Wildman–Crippen MR) is 108 cm³/mol. The van der Waals surface area contributed by atoms with Crippen LogP contribution in [0.25, 0.3) is 0 Å². The van der Waals surface area contributed by atoms with Crippen molar-refractivity contribution in [1.82, 2.24) is 0 Å². The SMILES string of the molecule is C=C1CC[C@H](C(=C)C)[C@@H](c2c(OC)cc(CCCCC)cc2OC)C1O. The van der Waals surface area contributed by atoms with E-state index in [1.54, 1.807) is 14.2 Å². The molecule has 3 nitrogen and oxygen atoms in total. The second-order valence-electron chi connectivity index (χ2n) is 7.49. The number of aryl methyl sites for hydroxylation is 1. The van der Waals surface area contributed by atoms with Gasteiger partial charge >= 0.3 is 0 Å². The van der Waals surface area contributed by atoms with Crippen LogP contribution in [-0.2, 0) is 6.42 Å². The Hall–Kier alpha value is -1.74. The molecule has 1 aromatic carbocycles. The lowest BCUT2D eigenvalue weighted by molar-refractivity contribution is 0.126. The number of hydrogen-bond acceptors (Lipinski definition) is 3. The summed E-state index contributed by atoms with van der Waals surface area (Å²) in [6.07, 6.45) is 5.73. The Kier molecular flexibility index (Phi) is 7.33. The van der Waals surface area contributed by atoms with Crippen LogP contribution in [0.5, 0.6) is 11.5 Å². The molecule has 0 saturated heterocycles. The van der Waals surface area contributed by atoms with E-state index in [9.17, 15) is 5.11 Å². The van der Waals surface area contributed by atoms with Crippen molar-refractivity contribution in [3.05, 3.63) is 47.6 Å². The molecular weight excluding hydrogens is 324 g/mol. The summed E-state index contributed by atoms with van der Waals surface area (Å²) in [6.45, 7) is 12.5. The van der Waals surface area contributed by atoms with Gasteiger partial charge in [-0.2, -0.15) is 0 Å². The van der Waals surface area contributed by atoms with Crippen LogP contribution in [0.3, 0.4) is 0 Å². The van der Waals surface area contributed by atoms with Crippen LogP contribution in [0.2, 0.25) is 0 Å². The largest absolute Gasteiger partial charge is 0.496 e. The van der Waals surface area contributed by atoms with Gasteiger partial charge in [0, 0.05) is 11.5 Å².